The second kappa shape index (κ2) is 5.65. The predicted octanol–water partition coefficient (Wildman–Crippen LogP) is 6.47. The normalized spacial score (nSPS) is 20.6. The molecule has 0 nitrogen and oxygen atoms in total. The lowest BCUT2D eigenvalue weighted by Crippen LogP contribution is -2.48. The van der Waals surface area contributed by atoms with E-state index in [1.54, 1.807) is 0 Å². The van der Waals surface area contributed by atoms with Gasteiger partial charge in [-0.25, -0.2) is 8.78 Å². The Labute approximate surface area is 148 Å². The fraction of sp³-hybridized carbons (Fsp3) is 0.231. The third kappa shape index (κ3) is 2.31. The molecule has 0 spiro atoms. The van der Waals surface area contributed by atoms with Crippen LogP contribution in [0.2, 0.25) is 0 Å². The first-order valence-electron chi connectivity index (χ1n) is 6.33. The Hall–Kier alpha value is -1.70. The largest absolute Gasteiger partial charge is 0.380 e. The lowest BCUT2D eigenvalue weighted by atomic mass is 10.0. The number of alkyl halides is 6. The van der Waals surface area contributed by atoms with Gasteiger partial charge in [0.05, 0.1) is 20.9 Å². The molecule has 2 aromatic rings. The Morgan fingerprint density at radius 2 is 0.778 bits per heavy atom. The van der Waals surface area contributed by atoms with E-state index in [0.29, 0.717) is 0 Å². The van der Waals surface area contributed by atoms with Gasteiger partial charge in [-0.2, -0.15) is 43.9 Å². The maximum absolute atomic E-state index is 14.1. The topological polar surface area (TPSA) is 0 Å². The summed E-state index contributed by atoms with van der Waals surface area (Å²) in [6.45, 7) is 0. The minimum absolute atomic E-state index is 0.869. The maximum atomic E-state index is 14.1. The number of halogens is 12. The molecule has 0 bridgehead atoms. The summed E-state index contributed by atoms with van der Waals surface area (Å²) in [4.78, 5) is -4.04. The van der Waals surface area contributed by atoms with Gasteiger partial charge in [-0.15, -0.1) is 0 Å². The monoisotopic (exact) mass is 448 g/mol. The first-order valence-corrected chi connectivity index (χ1v) is 7.97. The van der Waals surface area contributed by atoms with Crippen LogP contribution in [0.1, 0.15) is 9.75 Å². The van der Waals surface area contributed by atoms with Crippen molar-refractivity contribution in [3.63, 3.8) is 0 Å². The molecule has 0 unspecified atom stereocenters. The van der Waals surface area contributed by atoms with Crippen LogP contribution in [0.15, 0.2) is 0 Å². The summed E-state index contributed by atoms with van der Waals surface area (Å²) in [5.41, 5.74) is -5.33. The molecule has 0 amide bonds. The van der Waals surface area contributed by atoms with Crippen LogP contribution < -0.4 is 0 Å². The fourth-order valence-corrected chi connectivity index (χ4v) is 4.13. The highest BCUT2D eigenvalue weighted by molar-refractivity contribution is 7.12. The highest BCUT2D eigenvalue weighted by Gasteiger charge is 2.81. The molecular weight excluding hydrogens is 448 g/mol. The second-order valence-electron chi connectivity index (χ2n) is 5.14. The summed E-state index contributed by atoms with van der Waals surface area (Å²) >= 11 is -1.74. The molecule has 0 fully saturated rings. The van der Waals surface area contributed by atoms with Crippen molar-refractivity contribution in [2.45, 2.75) is 17.8 Å². The molecule has 1 aliphatic rings. The van der Waals surface area contributed by atoms with Crippen molar-refractivity contribution >= 4 is 33.8 Å². The van der Waals surface area contributed by atoms with Gasteiger partial charge in [-0.1, -0.05) is 22.7 Å². The van der Waals surface area contributed by atoms with E-state index in [1.807, 2.05) is 0 Å². The average Bonchev–Trinajstić information content (AvgIpc) is 2.99. The molecule has 148 valence electrons. The molecule has 0 atom stereocenters. The SMILES string of the molecule is Fc1sc(C2=C(c3sc(F)c(F)c3F)C(F)(F)C(F)(F)C2(F)F)c(F)c1F. The van der Waals surface area contributed by atoms with Crippen molar-refractivity contribution in [2.75, 3.05) is 0 Å². The molecule has 0 aromatic carbocycles. The Kier molecular flexibility index (Phi) is 4.20. The standard InChI is InChI=1S/C13F12S2/c14-3-5(16)9(18)26-7(3)1-2(8-4(15)6(17)10(19)27-8)12(22,23)13(24,25)11(1,20)21. The lowest BCUT2D eigenvalue weighted by Gasteiger charge is -2.25. The van der Waals surface area contributed by atoms with Crippen molar-refractivity contribution in [1.82, 2.24) is 0 Å². The van der Waals surface area contributed by atoms with Crippen molar-refractivity contribution in [3.05, 3.63) is 43.3 Å². The summed E-state index contributed by atoms with van der Waals surface area (Å²) in [5, 5.41) is -4.29. The first kappa shape index (κ1) is 20.0. The van der Waals surface area contributed by atoms with Gasteiger partial charge in [0.1, 0.15) is 0 Å². The van der Waals surface area contributed by atoms with Gasteiger partial charge in [0.15, 0.2) is 11.6 Å². The molecule has 14 heteroatoms. The summed E-state index contributed by atoms with van der Waals surface area (Å²) < 4.78 is 164. The van der Waals surface area contributed by atoms with E-state index in [9.17, 15) is 52.7 Å². The zero-order chi connectivity index (χ0) is 20.7. The number of allylic oxidation sites excluding steroid dienone is 2. The first-order chi connectivity index (χ1) is 12.2. The summed E-state index contributed by atoms with van der Waals surface area (Å²) in [6, 6.07) is 0. The molecule has 0 aliphatic heterocycles. The van der Waals surface area contributed by atoms with Crippen LogP contribution in [0, 0.1) is 33.5 Å². The van der Waals surface area contributed by atoms with Crippen LogP contribution in [0.25, 0.3) is 11.1 Å². The van der Waals surface area contributed by atoms with Gasteiger partial charge in [-0.05, 0) is 0 Å². The third-order valence-corrected chi connectivity index (χ3v) is 5.53. The van der Waals surface area contributed by atoms with Gasteiger partial charge < -0.3 is 0 Å². The molecular formula is C13F12S2. The maximum Gasteiger partial charge on any atom is 0.380 e. The minimum atomic E-state index is -6.32. The predicted molar refractivity (Wildman–Crippen MR) is 70.0 cm³/mol. The van der Waals surface area contributed by atoms with Gasteiger partial charge in [0.25, 0.3) is 0 Å². The zero-order valence-electron chi connectivity index (χ0n) is 11.9. The highest BCUT2D eigenvalue weighted by Crippen LogP contribution is 2.66. The molecule has 2 heterocycles. The van der Waals surface area contributed by atoms with Crippen LogP contribution in [0.5, 0.6) is 0 Å². The van der Waals surface area contributed by atoms with Crippen molar-refractivity contribution < 1.29 is 52.7 Å². The Balaban J connectivity index is 2.50. The Bertz CT molecular complexity index is 904. The van der Waals surface area contributed by atoms with Gasteiger partial charge in [0, 0.05) is 0 Å². The highest BCUT2D eigenvalue weighted by atomic mass is 32.1. The van der Waals surface area contributed by atoms with E-state index < -0.39 is 94.9 Å². The molecule has 2 aromatic heterocycles. The number of hydrogen-bond acceptors (Lipinski definition) is 2. The minimum Gasteiger partial charge on any atom is -0.202 e. The van der Waals surface area contributed by atoms with Crippen molar-refractivity contribution in [2.24, 2.45) is 0 Å². The zero-order valence-corrected chi connectivity index (χ0v) is 13.5. The van der Waals surface area contributed by atoms with E-state index >= 15 is 0 Å². The molecule has 27 heavy (non-hydrogen) atoms. The number of rotatable bonds is 2. The van der Waals surface area contributed by atoms with Crippen molar-refractivity contribution in [3.8, 4) is 0 Å². The number of hydrogen-bond donors (Lipinski definition) is 0. The molecule has 0 N–H and O–H groups in total. The number of thiophene rings is 2. The summed E-state index contributed by atoms with van der Waals surface area (Å²) in [6.07, 6.45) is 0. The van der Waals surface area contributed by atoms with Gasteiger partial charge >= 0.3 is 17.8 Å². The molecule has 1 aliphatic carbocycles. The van der Waals surface area contributed by atoms with Crippen molar-refractivity contribution in [1.29, 1.82) is 0 Å². The van der Waals surface area contributed by atoms with Crippen LogP contribution in [-0.2, 0) is 0 Å². The van der Waals surface area contributed by atoms with Gasteiger partial charge in [0.2, 0.25) is 21.9 Å². The van der Waals surface area contributed by atoms with E-state index in [4.69, 9.17) is 0 Å². The van der Waals surface area contributed by atoms with Crippen LogP contribution >= 0.6 is 22.7 Å². The molecule has 0 radical (unpaired) electrons. The fourth-order valence-electron chi connectivity index (χ4n) is 2.39. The second-order valence-corrected chi connectivity index (χ2v) is 7.08. The van der Waals surface area contributed by atoms with E-state index in [1.165, 1.54) is 0 Å². The van der Waals surface area contributed by atoms with Crippen LogP contribution in [0.4, 0.5) is 52.7 Å². The quantitative estimate of drug-likeness (QED) is 0.462. The summed E-state index contributed by atoms with van der Waals surface area (Å²) in [7, 11) is 0. The van der Waals surface area contributed by atoms with Crippen LogP contribution in [0.3, 0.4) is 0 Å². The van der Waals surface area contributed by atoms with Crippen LogP contribution in [-0.4, -0.2) is 17.8 Å². The molecule has 3 rings (SSSR count). The van der Waals surface area contributed by atoms with E-state index in [-0.39, 0.29) is 0 Å². The Morgan fingerprint density at radius 1 is 0.481 bits per heavy atom. The third-order valence-electron chi connectivity index (χ3n) is 3.63. The molecule has 0 saturated carbocycles. The van der Waals surface area contributed by atoms with E-state index in [2.05, 4.69) is 0 Å². The summed E-state index contributed by atoms with van der Waals surface area (Å²) in [5.74, 6) is -28.1. The average molecular weight is 448 g/mol. The molecule has 0 saturated heterocycles. The lowest BCUT2D eigenvalue weighted by molar-refractivity contribution is -0.254. The van der Waals surface area contributed by atoms with Gasteiger partial charge in [-0.3, -0.25) is 0 Å². The Morgan fingerprint density at radius 3 is 1.00 bits per heavy atom. The smallest absolute Gasteiger partial charge is 0.202 e. The van der Waals surface area contributed by atoms with E-state index in [0.717, 1.165) is 0 Å².